The third kappa shape index (κ3) is 7.31. The molecule has 20 rings (SSSR count). The first kappa shape index (κ1) is 49.7. The Balaban J connectivity index is 0.724. The summed E-state index contributed by atoms with van der Waals surface area (Å²) < 4.78 is 23.8. The summed E-state index contributed by atoms with van der Waals surface area (Å²) in [6.45, 7) is 0. The van der Waals surface area contributed by atoms with Gasteiger partial charge < -0.3 is 27.8 Å². The van der Waals surface area contributed by atoms with E-state index in [4.69, 9.17) is 8.83 Å². The summed E-state index contributed by atoms with van der Waals surface area (Å²) in [5.41, 5.74) is 16.7. The van der Waals surface area contributed by atoms with E-state index in [1.165, 1.54) is 72.9 Å². The lowest BCUT2D eigenvalue weighted by Gasteiger charge is -2.26. The fourth-order valence-electron chi connectivity index (χ4n) is 14.6. The molecule has 0 saturated carbocycles. The second kappa shape index (κ2) is 19.0. The van der Waals surface area contributed by atoms with E-state index in [0.717, 1.165) is 111 Å². The van der Waals surface area contributed by atoms with E-state index in [1.54, 1.807) is 0 Å². The van der Waals surface area contributed by atoms with Gasteiger partial charge in [0.2, 0.25) is 0 Å². The molecule has 420 valence electrons. The van der Waals surface area contributed by atoms with E-state index in [0.29, 0.717) is 0 Å². The summed E-state index contributed by atoms with van der Waals surface area (Å²) >= 11 is 3.69. The predicted molar refractivity (Wildman–Crippen MR) is 382 cm³/mol. The fraction of sp³-hybridized carbons (Fsp3) is 0. The number of furan rings is 2. The van der Waals surface area contributed by atoms with Crippen LogP contribution in [-0.4, -0.2) is 9.13 Å². The number of thiophene rings is 2. The Morgan fingerprint density at radius 1 is 0.244 bits per heavy atom. The third-order valence-corrected chi connectivity index (χ3v) is 21.0. The smallest absolute Gasteiger partial charge is 0.137 e. The molecule has 90 heavy (non-hydrogen) atoms. The number of para-hydroxylation sites is 4. The highest BCUT2D eigenvalue weighted by Crippen LogP contribution is 2.50. The second-order valence-corrected chi connectivity index (χ2v) is 25.7. The lowest BCUT2D eigenvalue weighted by molar-refractivity contribution is 0.668. The van der Waals surface area contributed by atoms with E-state index in [1.807, 2.05) is 22.7 Å². The first-order chi connectivity index (χ1) is 44.6. The molecule has 6 nitrogen and oxygen atoms in total. The summed E-state index contributed by atoms with van der Waals surface area (Å²) in [6, 6.07) is 106. The summed E-state index contributed by atoms with van der Waals surface area (Å²) in [7, 11) is 0. The summed E-state index contributed by atoms with van der Waals surface area (Å²) in [6.07, 6.45) is 0. The van der Waals surface area contributed by atoms with Crippen LogP contribution >= 0.6 is 22.7 Å². The zero-order valence-electron chi connectivity index (χ0n) is 48.1. The number of hydrogen-bond acceptors (Lipinski definition) is 6. The van der Waals surface area contributed by atoms with E-state index < -0.39 is 0 Å². The number of fused-ring (bicyclic) bond motifs is 19. The standard InChI is InChI=1S/C82H48N4O2S2/c1-3-17-51(18-4-1)85-69-27-11-7-21-57(69)65-45-53(35-39-71(65)85)83(73-29-15-25-63-61-23-9-13-31-79(61)89-81(63)73)55-33-37-59-67-41-49-44-76-68(42-50(49)43-75(67)87-77(59)47-55)60-38-34-56(48-78(60)88-76)84(74-30-16-26-64-62-24-10-14-32-80(62)90-82(64)74)54-36-40-72-66(46-54)58-22-8-12-28-70(58)86(72)52-19-5-2-6-20-52/h1-48H. The highest BCUT2D eigenvalue weighted by molar-refractivity contribution is 7.26. The highest BCUT2D eigenvalue weighted by Gasteiger charge is 2.25. The molecule has 6 heterocycles. The van der Waals surface area contributed by atoms with Crippen molar-refractivity contribution in [1.82, 2.24) is 9.13 Å². The van der Waals surface area contributed by atoms with Crippen molar-refractivity contribution in [2.24, 2.45) is 0 Å². The first-order valence-corrected chi connectivity index (χ1v) is 32.1. The molecule has 0 N–H and O–H groups in total. The average molecular weight is 1190 g/mol. The van der Waals surface area contributed by atoms with Crippen molar-refractivity contribution in [3.63, 3.8) is 0 Å². The molecule has 0 atom stereocenters. The monoisotopic (exact) mass is 1180 g/mol. The maximum Gasteiger partial charge on any atom is 0.137 e. The van der Waals surface area contributed by atoms with Gasteiger partial charge in [-0.15, -0.1) is 22.7 Å². The van der Waals surface area contributed by atoms with Gasteiger partial charge in [-0.3, -0.25) is 0 Å². The lowest BCUT2D eigenvalue weighted by atomic mass is 10.0. The molecule has 0 amide bonds. The first-order valence-electron chi connectivity index (χ1n) is 30.4. The number of nitrogens with zero attached hydrogens (tertiary/aromatic N) is 4. The molecular weight excluding hydrogens is 1140 g/mol. The van der Waals surface area contributed by atoms with E-state index >= 15 is 0 Å². The summed E-state index contributed by atoms with van der Waals surface area (Å²) in [4.78, 5) is 4.85. The van der Waals surface area contributed by atoms with E-state index in [2.05, 4.69) is 310 Å². The van der Waals surface area contributed by atoms with E-state index in [-0.39, 0.29) is 0 Å². The van der Waals surface area contributed by atoms with Gasteiger partial charge in [0.15, 0.2) is 0 Å². The minimum Gasteiger partial charge on any atom is -0.456 e. The van der Waals surface area contributed by atoms with Gasteiger partial charge in [-0.05, 0) is 156 Å². The van der Waals surface area contributed by atoms with Crippen molar-refractivity contribution in [3.05, 3.63) is 291 Å². The second-order valence-electron chi connectivity index (χ2n) is 23.6. The molecule has 0 aliphatic carbocycles. The maximum atomic E-state index is 7.01. The van der Waals surface area contributed by atoms with Gasteiger partial charge in [0, 0.05) is 120 Å². The van der Waals surface area contributed by atoms with Gasteiger partial charge in [-0.1, -0.05) is 133 Å². The Morgan fingerprint density at radius 2 is 0.611 bits per heavy atom. The lowest BCUT2D eigenvalue weighted by Crippen LogP contribution is -2.10. The highest BCUT2D eigenvalue weighted by atomic mass is 32.1. The van der Waals surface area contributed by atoms with Crippen molar-refractivity contribution >= 4 is 195 Å². The number of rotatable bonds is 8. The quantitative estimate of drug-likeness (QED) is 0.152. The molecule has 20 aromatic rings. The van der Waals surface area contributed by atoms with Crippen LogP contribution in [0.15, 0.2) is 300 Å². The Morgan fingerprint density at radius 3 is 1.08 bits per heavy atom. The van der Waals surface area contributed by atoms with Crippen LogP contribution in [0.2, 0.25) is 0 Å². The van der Waals surface area contributed by atoms with Gasteiger partial charge in [-0.25, -0.2) is 0 Å². The van der Waals surface area contributed by atoms with Crippen molar-refractivity contribution < 1.29 is 8.83 Å². The Hall–Kier alpha value is -11.4. The van der Waals surface area contributed by atoms with Crippen molar-refractivity contribution in [2.45, 2.75) is 0 Å². The van der Waals surface area contributed by atoms with Crippen LogP contribution in [0.25, 0.3) is 150 Å². The number of hydrogen-bond donors (Lipinski definition) is 0. The topological polar surface area (TPSA) is 42.6 Å². The third-order valence-electron chi connectivity index (χ3n) is 18.6. The van der Waals surface area contributed by atoms with Crippen LogP contribution in [0.4, 0.5) is 34.1 Å². The maximum absolute atomic E-state index is 7.01. The Labute approximate surface area is 522 Å². The molecule has 0 radical (unpaired) electrons. The zero-order chi connectivity index (χ0) is 58.7. The molecule has 14 aromatic carbocycles. The van der Waals surface area contributed by atoms with E-state index in [9.17, 15) is 0 Å². The molecule has 0 aliphatic heterocycles. The van der Waals surface area contributed by atoms with Crippen LogP contribution in [0.1, 0.15) is 0 Å². The predicted octanol–water partition coefficient (Wildman–Crippen LogP) is 24.5. The summed E-state index contributed by atoms with van der Waals surface area (Å²) in [5, 5.41) is 16.2. The zero-order valence-corrected chi connectivity index (χ0v) is 49.8. The molecule has 0 bridgehead atoms. The van der Waals surface area contributed by atoms with Gasteiger partial charge >= 0.3 is 0 Å². The normalized spacial score (nSPS) is 12.2. The minimum atomic E-state index is 0.826. The van der Waals surface area contributed by atoms with Crippen molar-refractivity contribution in [1.29, 1.82) is 0 Å². The van der Waals surface area contributed by atoms with Crippen LogP contribution in [-0.2, 0) is 0 Å². The van der Waals surface area contributed by atoms with Crippen LogP contribution < -0.4 is 9.80 Å². The van der Waals surface area contributed by atoms with Crippen LogP contribution in [0.3, 0.4) is 0 Å². The molecule has 6 aromatic heterocycles. The molecular formula is C82H48N4O2S2. The van der Waals surface area contributed by atoms with Crippen LogP contribution in [0, 0.1) is 0 Å². The molecule has 8 heteroatoms. The number of anilines is 6. The molecule has 0 unspecified atom stereocenters. The largest absolute Gasteiger partial charge is 0.456 e. The molecule has 0 saturated heterocycles. The van der Waals surface area contributed by atoms with Gasteiger partial charge in [0.25, 0.3) is 0 Å². The fourth-order valence-corrected chi connectivity index (χ4v) is 17.0. The van der Waals surface area contributed by atoms with Gasteiger partial charge in [0.1, 0.15) is 22.3 Å². The molecule has 0 fully saturated rings. The van der Waals surface area contributed by atoms with Crippen molar-refractivity contribution in [3.8, 4) is 11.4 Å². The number of aromatic nitrogens is 2. The summed E-state index contributed by atoms with van der Waals surface area (Å²) in [5.74, 6) is 0. The molecule has 0 aliphatic rings. The van der Waals surface area contributed by atoms with Crippen molar-refractivity contribution in [2.75, 3.05) is 9.80 Å². The van der Waals surface area contributed by atoms with Crippen LogP contribution in [0.5, 0.6) is 0 Å². The average Bonchev–Trinajstić information content (AvgIpc) is 1.93. The minimum absolute atomic E-state index is 0.826. The Bertz CT molecular complexity index is 5990. The van der Waals surface area contributed by atoms with Gasteiger partial charge in [0.05, 0.1) is 42.8 Å². The SMILES string of the molecule is c1ccc(-n2c3ccccc3c3cc(N(c4ccc5c(c4)oc4cc6cc7c(cc6cc45)oc4cc(N(c5ccc6c(c5)c5ccccc5n6-c5ccccc5)c5cccc6c5sc5ccccc56)ccc47)c4cccc5c4sc4ccccc45)ccc32)cc1. The molecule has 0 spiro atoms. The van der Waals surface area contributed by atoms with Gasteiger partial charge in [-0.2, -0.15) is 0 Å². The number of benzene rings is 14. The Kier molecular flexibility index (Phi) is 10.5.